The van der Waals surface area contributed by atoms with Crippen molar-refractivity contribution in [1.29, 1.82) is 0 Å². The Morgan fingerprint density at radius 2 is 1.62 bits per heavy atom. The van der Waals surface area contributed by atoms with Crippen LogP contribution in [0.25, 0.3) is 0 Å². The fraction of sp³-hybridized carbons (Fsp3) is 0.609. The third kappa shape index (κ3) is 9.45. The first-order valence-electron chi connectivity index (χ1n) is 11.1. The van der Waals surface area contributed by atoms with E-state index in [0.717, 1.165) is 5.75 Å². The summed E-state index contributed by atoms with van der Waals surface area (Å²) in [6.07, 6.45) is 1.05. The lowest BCUT2D eigenvalue weighted by Crippen LogP contribution is -2.48. The highest BCUT2D eigenvalue weighted by atomic mass is 16.6. The van der Waals surface area contributed by atoms with E-state index in [2.05, 4.69) is 10.6 Å². The second kappa shape index (κ2) is 12.2. The first kappa shape index (κ1) is 25.3. The van der Waals surface area contributed by atoms with Gasteiger partial charge in [0.05, 0.1) is 6.61 Å². The van der Waals surface area contributed by atoms with Crippen molar-refractivity contribution in [2.24, 2.45) is 0 Å². The lowest BCUT2D eigenvalue weighted by atomic mass is 10.0. The normalized spacial score (nSPS) is 14.4. The number of hydrogen-bond acceptors (Lipinski definition) is 6. The molecule has 0 saturated carbocycles. The number of nitrogens with one attached hydrogen (secondary N) is 2. The van der Waals surface area contributed by atoms with E-state index in [-0.39, 0.29) is 37.4 Å². The van der Waals surface area contributed by atoms with E-state index in [9.17, 15) is 14.4 Å². The van der Waals surface area contributed by atoms with Crippen molar-refractivity contribution in [3.63, 3.8) is 0 Å². The number of ether oxygens (including phenoxy) is 3. The van der Waals surface area contributed by atoms with Crippen molar-refractivity contribution in [1.82, 2.24) is 15.5 Å². The highest BCUT2D eigenvalue weighted by Crippen LogP contribution is 2.17. The Balaban J connectivity index is 1.62. The summed E-state index contributed by atoms with van der Waals surface area (Å²) in [6, 6.07) is 7.13. The van der Waals surface area contributed by atoms with Gasteiger partial charge in [0.25, 0.3) is 5.91 Å². The molecule has 9 nitrogen and oxygen atoms in total. The number of hydrogen-bond donors (Lipinski definition) is 2. The molecular formula is C23H35N3O6. The number of alkyl carbamates (subject to hydrolysis) is 1. The van der Waals surface area contributed by atoms with Gasteiger partial charge in [0, 0.05) is 32.1 Å². The number of piperidine rings is 1. The monoisotopic (exact) mass is 449 g/mol. The number of benzene rings is 1. The van der Waals surface area contributed by atoms with Crippen LogP contribution in [-0.2, 0) is 14.3 Å². The maximum atomic E-state index is 12.3. The topological polar surface area (TPSA) is 106 Å². The van der Waals surface area contributed by atoms with E-state index in [1.54, 1.807) is 49.9 Å². The van der Waals surface area contributed by atoms with Gasteiger partial charge in [-0.1, -0.05) is 0 Å². The van der Waals surface area contributed by atoms with Gasteiger partial charge in [-0.2, -0.15) is 0 Å². The van der Waals surface area contributed by atoms with Crippen LogP contribution in [0.3, 0.4) is 0 Å². The van der Waals surface area contributed by atoms with Gasteiger partial charge in [0.1, 0.15) is 17.1 Å². The second-order valence-corrected chi connectivity index (χ2v) is 8.59. The summed E-state index contributed by atoms with van der Waals surface area (Å²) in [4.78, 5) is 37.9. The molecule has 1 aliphatic heterocycles. The van der Waals surface area contributed by atoms with E-state index >= 15 is 0 Å². The van der Waals surface area contributed by atoms with Gasteiger partial charge in [-0.05, 0) is 64.8 Å². The van der Waals surface area contributed by atoms with Crippen LogP contribution in [0.15, 0.2) is 24.3 Å². The molecule has 0 radical (unpaired) electrons. The van der Waals surface area contributed by atoms with E-state index in [1.165, 1.54) is 0 Å². The van der Waals surface area contributed by atoms with Crippen LogP contribution >= 0.6 is 0 Å². The number of rotatable bonds is 9. The quantitative estimate of drug-likeness (QED) is 0.600. The number of likely N-dealkylation sites (tertiary alicyclic amines) is 1. The average molecular weight is 450 g/mol. The average Bonchev–Trinajstić information content (AvgIpc) is 2.72. The first-order valence-corrected chi connectivity index (χ1v) is 11.1. The molecule has 0 bridgehead atoms. The van der Waals surface area contributed by atoms with Crippen LogP contribution in [0.2, 0.25) is 0 Å². The van der Waals surface area contributed by atoms with Gasteiger partial charge in [0.2, 0.25) is 5.91 Å². The molecular weight excluding hydrogens is 414 g/mol. The van der Waals surface area contributed by atoms with Crippen molar-refractivity contribution in [2.75, 3.05) is 32.8 Å². The maximum Gasteiger partial charge on any atom is 0.407 e. The Kier molecular flexibility index (Phi) is 9.61. The molecule has 1 aromatic carbocycles. The lowest BCUT2D eigenvalue weighted by molar-refractivity contribution is -0.132. The molecule has 0 aliphatic carbocycles. The van der Waals surface area contributed by atoms with E-state index in [4.69, 9.17) is 14.2 Å². The van der Waals surface area contributed by atoms with Crippen molar-refractivity contribution in [3.05, 3.63) is 24.3 Å². The number of carbonyl (C=O) groups is 3. The fourth-order valence-corrected chi connectivity index (χ4v) is 3.23. The SMILES string of the molecule is CCOc1ccc(OCC(=O)NC2CCN(C(=O)CCNC(=O)OC(C)(C)C)CC2)cc1. The van der Waals surface area contributed by atoms with Crippen molar-refractivity contribution in [2.45, 2.75) is 58.6 Å². The molecule has 0 atom stereocenters. The van der Waals surface area contributed by atoms with Gasteiger partial charge in [-0.15, -0.1) is 0 Å². The standard InChI is InChI=1S/C23H35N3O6/c1-5-30-18-6-8-19(9-7-18)31-16-20(27)25-17-11-14-26(15-12-17)21(28)10-13-24-22(29)32-23(2,3)4/h6-9,17H,5,10-16H2,1-4H3,(H,24,29)(H,25,27). The molecule has 178 valence electrons. The first-order chi connectivity index (χ1) is 15.2. The van der Waals surface area contributed by atoms with Gasteiger partial charge in [-0.25, -0.2) is 4.79 Å². The largest absolute Gasteiger partial charge is 0.494 e. The van der Waals surface area contributed by atoms with Crippen LogP contribution in [0.5, 0.6) is 11.5 Å². The van der Waals surface area contributed by atoms with Crippen LogP contribution in [0, 0.1) is 0 Å². The summed E-state index contributed by atoms with van der Waals surface area (Å²) < 4.78 is 16.0. The second-order valence-electron chi connectivity index (χ2n) is 8.59. The van der Waals surface area contributed by atoms with E-state index in [1.807, 2.05) is 6.92 Å². The predicted octanol–water partition coefficient (Wildman–Crippen LogP) is 2.49. The molecule has 9 heteroatoms. The Bertz CT molecular complexity index is 752. The summed E-state index contributed by atoms with van der Waals surface area (Å²) in [5.74, 6) is 1.14. The van der Waals surface area contributed by atoms with Crippen LogP contribution in [0.1, 0.15) is 47.0 Å². The molecule has 1 fully saturated rings. The molecule has 2 rings (SSSR count). The molecule has 1 aliphatic rings. The van der Waals surface area contributed by atoms with E-state index in [0.29, 0.717) is 38.3 Å². The Morgan fingerprint density at radius 3 is 2.19 bits per heavy atom. The van der Waals surface area contributed by atoms with Crippen molar-refractivity contribution < 1.29 is 28.6 Å². The Labute approximate surface area is 189 Å². The minimum absolute atomic E-state index is 0.00960. The third-order valence-corrected chi connectivity index (χ3v) is 4.72. The van der Waals surface area contributed by atoms with Crippen LogP contribution < -0.4 is 20.1 Å². The van der Waals surface area contributed by atoms with Crippen molar-refractivity contribution >= 4 is 17.9 Å². The third-order valence-electron chi connectivity index (χ3n) is 4.72. The Morgan fingerprint density at radius 1 is 1.03 bits per heavy atom. The fourth-order valence-electron chi connectivity index (χ4n) is 3.23. The molecule has 1 heterocycles. The number of nitrogens with zero attached hydrogens (tertiary/aromatic N) is 1. The van der Waals surface area contributed by atoms with Crippen LogP contribution in [0.4, 0.5) is 4.79 Å². The van der Waals surface area contributed by atoms with Crippen LogP contribution in [-0.4, -0.2) is 67.3 Å². The summed E-state index contributed by atoms with van der Waals surface area (Å²) in [6.45, 7) is 9.16. The smallest absolute Gasteiger partial charge is 0.407 e. The summed E-state index contributed by atoms with van der Waals surface area (Å²) in [5, 5.41) is 5.55. The predicted molar refractivity (Wildman–Crippen MR) is 120 cm³/mol. The zero-order valence-electron chi connectivity index (χ0n) is 19.4. The van der Waals surface area contributed by atoms with Gasteiger partial charge < -0.3 is 29.7 Å². The summed E-state index contributed by atoms with van der Waals surface area (Å²) in [7, 11) is 0. The Hall–Kier alpha value is -2.97. The zero-order valence-corrected chi connectivity index (χ0v) is 19.4. The van der Waals surface area contributed by atoms with Gasteiger partial charge in [0.15, 0.2) is 6.61 Å². The van der Waals surface area contributed by atoms with Gasteiger partial charge >= 0.3 is 6.09 Å². The highest BCUT2D eigenvalue weighted by molar-refractivity contribution is 5.78. The van der Waals surface area contributed by atoms with E-state index < -0.39 is 11.7 Å². The molecule has 1 aromatic rings. The van der Waals surface area contributed by atoms with Crippen molar-refractivity contribution in [3.8, 4) is 11.5 Å². The summed E-state index contributed by atoms with van der Waals surface area (Å²) >= 11 is 0. The van der Waals surface area contributed by atoms with Gasteiger partial charge in [-0.3, -0.25) is 9.59 Å². The molecule has 0 unspecified atom stereocenters. The molecule has 3 amide bonds. The zero-order chi connectivity index (χ0) is 23.6. The molecule has 0 spiro atoms. The molecule has 1 saturated heterocycles. The summed E-state index contributed by atoms with van der Waals surface area (Å²) in [5.41, 5.74) is -0.570. The molecule has 2 N–H and O–H groups in total. The molecule has 32 heavy (non-hydrogen) atoms. The minimum Gasteiger partial charge on any atom is -0.494 e. The minimum atomic E-state index is -0.570. The highest BCUT2D eigenvalue weighted by Gasteiger charge is 2.24. The number of carbonyl (C=O) groups excluding carboxylic acids is 3. The lowest BCUT2D eigenvalue weighted by Gasteiger charge is -2.32. The number of amides is 3. The maximum absolute atomic E-state index is 12.3. The molecule has 0 aromatic heterocycles.